The summed E-state index contributed by atoms with van der Waals surface area (Å²) in [7, 11) is -4.23. The lowest BCUT2D eigenvalue weighted by Gasteiger charge is -2.32. The van der Waals surface area contributed by atoms with Crippen LogP contribution in [0.25, 0.3) is 0 Å². The Kier molecular flexibility index (Phi) is 10.3. The molecule has 0 aliphatic heterocycles. The third kappa shape index (κ3) is 8.11. The van der Waals surface area contributed by atoms with Crippen molar-refractivity contribution in [3.63, 3.8) is 0 Å². The van der Waals surface area contributed by atoms with Crippen molar-refractivity contribution < 1.29 is 18.0 Å². The first-order valence-corrected chi connectivity index (χ1v) is 14.7. The molecule has 2 amide bonds. The first kappa shape index (κ1) is 30.8. The molecular weight excluding hydrogens is 581 g/mol. The van der Waals surface area contributed by atoms with Crippen molar-refractivity contribution in [1.82, 2.24) is 10.2 Å². The maximum Gasteiger partial charge on any atom is 0.264 e. The summed E-state index contributed by atoms with van der Waals surface area (Å²) in [5.41, 5.74) is 1.67. The summed E-state index contributed by atoms with van der Waals surface area (Å²) in [4.78, 5) is 28.2. The van der Waals surface area contributed by atoms with Crippen LogP contribution in [0.1, 0.15) is 31.9 Å². The van der Waals surface area contributed by atoms with E-state index in [0.717, 1.165) is 9.87 Å². The largest absolute Gasteiger partial charge is 0.352 e. The van der Waals surface area contributed by atoms with Crippen LogP contribution in [-0.2, 0) is 26.2 Å². The molecule has 1 atom stereocenters. The zero-order valence-electron chi connectivity index (χ0n) is 22.0. The molecule has 0 radical (unpaired) electrons. The molecule has 0 spiro atoms. The number of rotatable bonds is 10. The third-order valence-electron chi connectivity index (χ3n) is 5.86. The van der Waals surface area contributed by atoms with Crippen molar-refractivity contribution in [2.45, 2.75) is 51.2 Å². The van der Waals surface area contributed by atoms with Crippen LogP contribution in [0.4, 0.5) is 5.69 Å². The Morgan fingerprint density at radius 1 is 0.872 bits per heavy atom. The van der Waals surface area contributed by atoms with Gasteiger partial charge in [0, 0.05) is 27.7 Å². The zero-order chi connectivity index (χ0) is 28.9. The van der Waals surface area contributed by atoms with Crippen LogP contribution >= 0.6 is 34.8 Å². The van der Waals surface area contributed by atoms with Gasteiger partial charge in [0.15, 0.2) is 0 Å². The number of nitrogens with zero attached hydrogens (tertiary/aromatic N) is 2. The lowest BCUT2D eigenvalue weighted by molar-refractivity contribution is -0.139. The molecule has 3 aromatic carbocycles. The minimum atomic E-state index is -4.23. The first-order chi connectivity index (χ1) is 18.3. The number of benzene rings is 3. The molecule has 0 aromatic heterocycles. The number of halogens is 3. The molecule has 1 N–H and O–H groups in total. The number of hydrogen-bond donors (Lipinski definition) is 1. The molecule has 0 fully saturated rings. The van der Waals surface area contributed by atoms with Crippen LogP contribution in [0.5, 0.6) is 0 Å². The number of anilines is 1. The second-order valence-electron chi connectivity index (χ2n) is 9.44. The molecule has 11 heteroatoms. The molecule has 0 aliphatic rings. The number of nitrogens with one attached hydrogen (secondary N) is 1. The second kappa shape index (κ2) is 13.0. The van der Waals surface area contributed by atoms with Gasteiger partial charge in [-0.1, -0.05) is 64.6 Å². The van der Waals surface area contributed by atoms with Crippen molar-refractivity contribution in [1.29, 1.82) is 0 Å². The molecule has 3 aromatic rings. The average molecular weight is 611 g/mol. The molecular formula is C28H30Cl3N3O4S. The molecule has 0 saturated heterocycles. The van der Waals surface area contributed by atoms with Gasteiger partial charge in [-0.2, -0.15) is 0 Å². The van der Waals surface area contributed by atoms with Gasteiger partial charge < -0.3 is 10.2 Å². The number of carbonyl (C=O) groups excluding carboxylic acids is 2. The van der Waals surface area contributed by atoms with Crippen molar-refractivity contribution >= 4 is 62.3 Å². The molecule has 0 unspecified atom stereocenters. The van der Waals surface area contributed by atoms with Gasteiger partial charge in [0.05, 0.1) is 10.6 Å². The van der Waals surface area contributed by atoms with Gasteiger partial charge in [-0.25, -0.2) is 8.42 Å². The van der Waals surface area contributed by atoms with Crippen molar-refractivity contribution in [3.05, 3.63) is 92.9 Å². The van der Waals surface area contributed by atoms with Crippen molar-refractivity contribution in [2.75, 3.05) is 10.8 Å². The fourth-order valence-electron chi connectivity index (χ4n) is 3.87. The highest BCUT2D eigenvalue weighted by Gasteiger charge is 2.33. The highest BCUT2D eigenvalue weighted by atomic mass is 35.5. The highest BCUT2D eigenvalue weighted by molar-refractivity contribution is 7.92. The SMILES string of the molecule is Cc1ccc(S(=O)(=O)N(CC(=O)N(Cc2cccc(Cl)c2)[C@@H](C)C(=O)NC(C)C)c2cc(Cl)cc(Cl)c2)cc1. The monoisotopic (exact) mass is 609 g/mol. The summed E-state index contributed by atoms with van der Waals surface area (Å²) in [6.45, 7) is 6.48. The van der Waals surface area contributed by atoms with Gasteiger partial charge in [0.1, 0.15) is 12.6 Å². The van der Waals surface area contributed by atoms with Crippen molar-refractivity contribution in [3.8, 4) is 0 Å². The number of aryl methyl sites for hydroxylation is 1. The minimum Gasteiger partial charge on any atom is -0.352 e. The Morgan fingerprint density at radius 3 is 2.05 bits per heavy atom. The first-order valence-electron chi connectivity index (χ1n) is 12.2. The Bertz CT molecular complexity index is 1430. The lowest BCUT2D eigenvalue weighted by Crippen LogP contribution is -2.52. The maximum absolute atomic E-state index is 13.9. The summed E-state index contributed by atoms with van der Waals surface area (Å²) in [6, 6.07) is 16.4. The van der Waals surface area contributed by atoms with Crippen LogP contribution in [-0.4, -0.2) is 43.8 Å². The summed E-state index contributed by atoms with van der Waals surface area (Å²) >= 11 is 18.6. The fraction of sp³-hybridized carbons (Fsp3) is 0.286. The smallest absolute Gasteiger partial charge is 0.264 e. The van der Waals surface area contributed by atoms with Crippen LogP contribution in [0.2, 0.25) is 15.1 Å². The van der Waals surface area contributed by atoms with E-state index >= 15 is 0 Å². The average Bonchev–Trinajstić information content (AvgIpc) is 2.84. The van der Waals surface area contributed by atoms with Gasteiger partial charge in [0.2, 0.25) is 11.8 Å². The normalized spacial score (nSPS) is 12.2. The number of sulfonamides is 1. The van der Waals surface area contributed by atoms with Gasteiger partial charge in [0.25, 0.3) is 10.0 Å². The van der Waals surface area contributed by atoms with E-state index < -0.39 is 28.5 Å². The molecule has 0 heterocycles. The summed E-state index contributed by atoms with van der Waals surface area (Å²) < 4.78 is 28.7. The molecule has 0 bridgehead atoms. The Hall–Kier alpha value is -2.78. The minimum absolute atomic E-state index is 0.0102. The number of carbonyl (C=O) groups is 2. The van der Waals surface area contributed by atoms with Crippen LogP contribution in [0.3, 0.4) is 0 Å². The molecule has 3 rings (SSSR count). The Morgan fingerprint density at radius 2 is 1.49 bits per heavy atom. The molecule has 0 saturated carbocycles. The van der Waals surface area contributed by atoms with Gasteiger partial charge >= 0.3 is 0 Å². The number of hydrogen-bond acceptors (Lipinski definition) is 4. The van der Waals surface area contributed by atoms with Crippen LogP contribution in [0.15, 0.2) is 71.6 Å². The van der Waals surface area contributed by atoms with E-state index in [1.54, 1.807) is 43.3 Å². The summed E-state index contributed by atoms with van der Waals surface area (Å²) in [5.74, 6) is -0.979. The lowest BCUT2D eigenvalue weighted by atomic mass is 10.1. The summed E-state index contributed by atoms with van der Waals surface area (Å²) in [5, 5.41) is 3.69. The maximum atomic E-state index is 13.9. The van der Waals surface area contributed by atoms with Gasteiger partial charge in [-0.3, -0.25) is 13.9 Å². The predicted molar refractivity (Wildman–Crippen MR) is 157 cm³/mol. The van der Waals surface area contributed by atoms with Crippen molar-refractivity contribution in [2.24, 2.45) is 0 Å². The standard InChI is InChI=1S/C28H30Cl3N3O4S/c1-18(2)32-28(36)20(4)33(16-21-6-5-7-22(29)12-21)27(35)17-34(25-14-23(30)13-24(31)15-25)39(37,38)26-10-8-19(3)9-11-26/h5-15,18,20H,16-17H2,1-4H3,(H,32,36)/t20-/m0/s1. The zero-order valence-corrected chi connectivity index (χ0v) is 25.1. The van der Waals surface area contributed by atoms with Crippen LogP contribution in [0, 0.1) is 6.92 Å². The molecule has 0 aliphatic carbocycles. The fourth-order valence-corrected chi connectivity index (χ4v) is 5.99. The molecule has 39 heavy (non-hydrogen) atoms. The highest BCUT2D eigenvalue weighted by Crippen LogP contribution is 2.30. The second-order valence-corrected chi connectivity index (χ2v) is 12.6. The van der Waals surface area contributed by atoms with E-state index in [1.165, 1.54) is 35.2 Å². The van der Waals surface area contributed by atoms with E-state index in [9.17, 15) is 18.0 Å². The molecule has 208 valence electrons. The van der Waals surface area contributed by atoms with Gasteiger partial charge in [-0.15, -0.1) is 0 Å². The topological polar surface area (TPSA) is 86.8 Å². The van der Waals surface area contributed by atoms with Crippen LogP contribution < -0.4 is 9.62 Å². The quantitative estimate of drug-likeness (QED) is 0.301. The number of amides is 2. The Balaban J connectivity index is 2.07. The predicted octanol–water partition coefficient (Wildman–Crippen LogP) is 6.09. The van der Waals surface area contributed by atoms with E-state index in [-0.39, 0.29) is 39.1 Å². The van der Waals surface area contributed by atoms with Gasteiger partial charge in [-0.05, 0) is 75.7 Å². The summed E-state index contributed by atoms with van der Waals surface area (Å²) in [6.07, 6.45) is 0. The Labute approximate surface area is 244 Å². The molecule has 7 nitrogen and oxygen atoms in total. The third-order valence-corrected chi connectivity index (χ3v) is 8.32. The van der Waals surface area contributed by atoms with E-state index in [4.69, 9.17) is 34.8 Å². The van der Waals surface area contributed by atoms with E-state index in [2.05, 4.69) is 5.32 Å². The van der Waals surface area contributed by atoms with E-state index in [1.807, 2.05) is 20.8 Å². The van der Waals surface area contributed by atoms with E-state index in [0.29, 0.717) is 10.6 Å².